The molecule has 0 unspecified atom stereocenters. The molecular formula is C25H22N2O3. The van der Waals surface area contributed by atoms with E-state index in [1.165, 1.54) is 6.08 Å². The van der Waals surface area contributed by atoms with Gasteiger partial charge in [-0.1, -0.05) is 48.5 Å². The Hall–Kier alpha value is -3.86. The third kappa shape index (κ3) is 4.75. The average molecular weight is 398 g/mol. The molecule has 5 heteroatoms. The minimum atomic E-state index is -0.398. The van der Waals surface area contributed by atoms with E-state index in [4.69, 9.17) is 9.47 Å². The van der Waals surface area contributed by atoms with Crippen LogP contribution in [-0.2, 0) is 22.7 Å². The van der Waals surface area contributed by atoms with Gasteiger partial charge in [-0.25, -0.2) is 9.78 Å². The first-order valence-corrected chi connectivity index (χ1v) is 9.73. The van der Waals surface area contributed by atoms with Crippen LogP contribution in [0.5, 0.6) is 5.75 Å². The maximum atomic E-state index is 12.1. The maximum Gasteiger partial charge on any atom is 0.331 e. The molecule has 0 bridgehead atoms. The number of hydrogen-bond acceptors (Lipinski definition) is 4. The summed E-state index contributed by atoms with van der Waals surface area (Å²) in [6.07, 6.45) is 5.07. The number of ether oxygens (including phenoxy) is 2. The number of carbonyl (C=O) groups excluding carboxylic acids is 1. The van der Waals surface area contributed by atoms with E-state index in [-0.39, 0.29) is 6.61 Å². The maximum absolute atomic E-state index is 12.1. The minimum Gasteiger partial charge on any atom is -0.489 e. The van der Waals surface area contributed by atoms with Crippen molar-refractivity contribution < 1.29 is 14.3 Å². The van der Waals surface area contributed by atoms with Gasteiger partial charge in [-0.3, -0.25) is 0 Å². The van der Waals surface area contributed by atoms with Gasteiger partial charge < -0.3 is 13.9 Å². The normalized spacial score (nSPS) is 11.1. The minimum absolute atomic E-state index is 0.173. The highest BCUT2D eigenvalue weighted by Gasteiger charge is 2.09. The Kier molecular flexibility index (Phi) is 5.90. The molecule has 0 saturated carbocycles. The predicted octanol–water partition coefficient (Wildman–Crippen LogP) is 4.98. The zero-order valence-corrected chi connectivity index (χ0v) is 16.7. The van der Waals surface area contributed by atoms with Crippen molar-refractivity contribution in [3.8, 4) is 5.75 Å². The van der Waals surface area contributed by atoms with Crippen molar-refractivity contribution in [2.45, 2.75) is 20.1 Å². The predicted molar refractivity (Wildman–Crippen MR) is 116 cm³/mol. The number of rotatable bonds is 7. The average Bonchev–Trinajstić information content (AvgIpc) is 3.11. The molecule has 4 rings (SSSR count). The van der Waals surface area contributed by atoms with Crippen LogP contribution in [0.2, 0.25) is 0 Å². The number of aryl methyl sites for hydroxylation is 1. The van der Waals surface area contributed by atoms with E-state index < -0.39 is 5.97 Å². The van der Waals surface area contributed by atoms with Gasteiger partial charge in [0, 0.05) is 12.3 Å². The van der Waals surface area contributed by atoms with E-state index >= 15 is 0 Å². The second-order valence-electron chi connectivity index (χ2n) is 6.86. The van der Waals surface area contributed by atoms with Crippen LogP contribution in [-0.4, -0.2) is 15.4 Å². The van der Waals surface area contributed by atoms with Crippen LogP contribution in [0.3, 0.4) is 0 Å². The fourth-order valence-corrected chi connectivity index (χ4v) is 3.11. The van der Waals surface area contributed by atoms with E-state index in [0.29, 0.717) is 6.61 Å². The Morgan fingerprint density at radius 2 is 1.73 bits per heavy atom. The molecule has 0 amide bonds. The quantitative estimate of drug-likeness (QED) is 0.325. The van der Waals surface area contributed by atoms with E-state index in [1.807, 2.05) is 90.3 Å². The van der Waals surface area contributed by atoms with Crippen molar-refractivity contribution in [2.24, 2.45) is 0 Å². The van der Waals surface area contributed by atoms with Crippen LogP contribution in [0.4, 0.5) is 0 Å². The highest BCUT2D eigenvalue weighted by Crippen LogP contribution is 2.16. The molecule has 2 aromatic carbocycles. The molecule has 0 atom stereocenters. The number of benzene rings is 2. The zero-order chi connectivity index (χ0) is 20.8. The van der Waals surface area contributed by atoms with Gasteiger partial charge in [-0.05, 0) is 48.4 Å². The highest BCUT2D eigenvalue weighted by molar-refractivity contribution is 5.87. The lowest BCUT2D eigenvalue weighted by Gasteiger charge is -2.06. The number of nitrogens with zero attached hydrogens (tertiary/aromatic N) is 2. The van der Waals surface area contributed by atoms with Gasteiger partial charge >= 0.3 is 5.97 Å². The number of imidazole rings is 1. The van der Waals surface area contributed by atoms with Gasteiger partial charge in [-0.15, -0.1) is 0 Å². The summed E-state index contributed by atoms with van der Waals surface area (Å²) in [6, 6.07) is 23.4. The fourth-order valence-electron chi connectivity index (χ4n) is 3.11. The molecule has 30 heavy (non-hydrogen) atoms. The molecule has 0 N–H and O–H groups in total. The molecule has 2 heterocycles. The van der Waals surface area contributed by atoms with Crippen molar-refractivity contribution >= 4 is 17.7 Å². The van der Waals surface area contributed by atoms with Crippen LogP contribution < -0.4 is 4.74 Å². The third-order valence-corrected chi connectivity index (χ3v) is 4.72. The molecule has 150 valence electrons. The van der Waals surface area contributed by atoms with Crippen molar-refractivity contribution in [3.05, 3.63) is 108 Å². The lowest BCUT2D eigenvalue weighted by atomic mass is 10.2. The second-order valence-corrected chi connectivity index (χ2v) is 6.86. The van der Waals surface area contributed by atoms with Crippen LogP contribution in [0, 0.1) is 6.92 Å². The summed E-state index contributed by atoms with van der Waals surface area (Å²) in [5.74, 6) is 0.381. The Morgan fingerprint density at radius 1 is 0.967 bits per heavy atom. The number of esters is 1. The van der Waals surface area contributed by atoms with Gasteiger partial charge in [0.25, 0.3) is 0 Å². The summed E-state index contributed by atoms with van der Waals surface area (Å²) in [6.45, 7) is 2.60. The number of aromatic nitrogens is 2. The monoisotopic (exact) mass is 398 g/mol. The van der Waals surface area contributed by atoms with Gasteiger partial charge in [0.2, 0.25) is 0 Å². The molecule has 0 aliphatic rings. The molecule has 0 saturated heterocycles. The Labute approximate surface area is 175 Å². The van der Waals surface area contributed by atoms with Crippen LogP contribution in [0.1, 0.15) is 22.5 Å². The van der Waals surface area contributed by atoms with E-state index in [0.717, 1.165) is 33.9 Å². The number of hydrogen-bond donors (Lipinski definition) is 0. The summed E-state index contributed by atoms with van der Waals surface area (Å²) in [7, 11) is 0. The first-order valence-electron chi connectivity index (χ1n) is 9.73. The fraction of sp³-hybridized carbons (Fsp3) is 0.120. The van der Waals surface area contributed by atoms with Crippen molar-refractivity contribution in [2.75, 3.05) is 0 Å². The third-order valence-electron chi connectivity index (χ3n) is 4.72. The zero-order valence-electron chi connectivity index (χ0n) is 16.7. The van der Waals surface area contributed by atoms with Crippen LogP contribution in [0.25, 0.3) is 11.7 Å². The summed E-state index contributed by atoms with van der Waals surface area (Å²) in [4.78, 5) is 16.6. The molecule has 0 spiro atoms. The van der Waals surface area contributed by atoms with Crippen LogP contribution in [0.15, 0.2) is 85.1 Å². The van der Waals surface area contributed by atoms with E-state index in [1.54, 1.807) is 6.08 Å². The first-order chi connectivity index (χ1) is 14.7. The number of pyridine rings is 1. The van der Waals surface area contributed by atoms with Gasteiger partial charge in [0.05, 0.1) is 11.4 Å². The molecule has 5 nitrogen and oxygen atoms in total. The Balaban J connectivity index is 1.31. The SMILES string of the molecule is Cc1nc2ccccn2c1COC(=O)/C=C/c1ccc(OCc2ccccc2)cc1. The summed E-state index contributed by atoms with van der Waals surface area (Å²) < 4.78 is 13.1. The van der Waals surface area contributed by atoms with E-state index in [2.05, 4.69) is 4.98 Å². The second kappa shape index (κ2) is 9.09. The molecule has 2 aromatic heterocycles. The summed E-state index contributed by atoms with van der Waals surface area (Å²) >= 11 is 0. The Bertz CT molecular complexity index is 1160. The van der Waals surface area contributed by atoms with Gasteiger partial charge in [-0.2, -0.15) is 0 Å². The lowest BCUT2D eigenvalue weighted by molar-refractivity contribution is -0.139. The van der Waals surface area contributed by atoms with Crippen LogP contribution >= 0.6 is 0 Å². The van der Waals surface area contributed by atoms with Gasteiger partial charge in [0.1, 0.15) is 24.6 Å². The molecule has 0 aliphatic heterocycles. The van der Waals surface area contributed by atoms with Crippen molar-refractivity contribution in [1.29, 1.82) is 0 Å². The Morgan fingerprint density at radius 3 is 2.53 bits per heavy atom. The molecule has 4 aromatic rings. The summed E-state index contributed by atoms with van der Waals surface area (Å²) in [5, 5.41) is 0. The molecule has 0 radical (unpaired) electrons. The van der Waals surface area contributed by atoms with Crippen molar-refractivity contribution in [1.82, 2.24) is 9.38 Å². The largest absolute Gasteiger partial charge is 0.489 e. The molecular weight excluding hydrogens is 376 g/mol. The molecule has 0 fully saturated rings. The smallest absolute Gasteiger partial charge is 0.331 e. The topological polar surface area (TPSA) is 52.8 Å². The first kappa shape index (κ1) is 19.5. The number of fused-ring (bicyclic) bond motifs is 1. The van der Waals surface area contributed by atoms with E-state index in [9.17, 15) is 4.79 Å². The highest BCUT2D eigenvalue weighted by atomic mass is 16.5. The lowest BCUT2D eigenvalue weighted by Crippen LogP contribution is -2.04. The van der Waals surface area contributed by atoms with Crippen molar-refractivity contribution in [3.63, 3.8) is 0 Å². The summed E-state index contributed by atoms with van der Waals surface area (Å²) in [5.41, 5.74) is 4.57. The molecule has 0 aliphatic carbocycles. The number of carbonyl (C=O) groups is 1. The standard InChI is InChI=1S/C25H22N2O3/c1-19-23(27-16-6-5-9-24(27)26-19)18-30-25(28)15-12-20-10-13-22(14-11-20)29-17-21-7-3-2-4-8-21/h2-16H,17-18H2,1H3/b15-12+. The van der Waals surface area contributed by atoms with Gasteiger partial charge in [0.15, 0.2) is 0 Å².